The number of phenols is 1. The lowest BCUT2D eigenvalue weighted by molar-refractivity contribution is 0.356. The van der Waals surface area contributed by atoms with Gasteiger partial charge in [0.15, 0.2) is 23.1 Å². The van der Waals surface area contributed by atoms with Crippen LogP contribution in [0.15, 0.2) is 30.6 Å². The van der Waals surface area contributed by atoms with Gasteiger partial charge in [0.25, 0.3) is 0 Å². The van der Waals surface area contributed by atoms with Crippen molar-refractivity contribution in [3.05, 3.63) is 42.2 Å². The van der Waals surface area contributed by atoms with Crippen molar-refractivity contribution in [1.82, 2.24) is 9.97 Å². The first-order valence-electron chi connectivity index (χ1n) is 6.85. The van der Waals surface area contributed by atoms with E-state index in [1.807, 2.05) is 0 Å². The summed E-state index contributed by atoms with van der Waals surface area (Å²) in [4.78, 5) is 8.20. The van der Waals surface area contributed by atoms with Crippen LogP contribution in [0.1, 0.15) is 0 Å². The molecule has 1 aromatic heterocycles. The normalized spacial score (nSPS) is 10.2. The molecule has 0 aliphatic rings. The van der Waals surface area contributed by atoms with Crippen LogP contribution in [0.5, 0.6) is 17.2 Å². The van der Waals surface area contributed by atoms with E-state index in [4.69, 9.17) is 9.47 Å². The van der Waals surface area contributed by atoms with E-state index in [-0.39, 0.29) is 23.9 Å². The summed E-state index contributed by atoms with van der Waals surface area (Å²) in [5.74, 6) is -1.37. The third-order valence-electron chi connectivity index (χ3n) is 3.43. The van der Waals surface area contributed by atoms with E-state index in [0.29, 0.717) is 28.5 Å². The van der Waals surface area contributed by atoms with Crippen molar-refractivity contribution in [3.8, 4) is 17.2 Å². The molecule has 1 heterocycles. The summed E-state index contributed by atoms with van der Waals surface area (Å²) in [7, 11) is 2.99. The summed E-state index contributed by atoms with van der Waals surface area (Å²) in [5.41, 5.74) is 0.417. The van der Waals surface area contributed by atoms with Gasteiger partial charge in [0, 0.05) is 23.6 Å². The first-order valence-corrected chi connectivity index (χ1v) is 6.85. The third kappa shape index (κ3) is 3.48. The highest BCUT2D eigenvalue weighted by Crippen LogP contribution is 2.35. The van der Waals surface area contributed by atoms with Crippen LogP contribution in [0.2, 0.25) is 0 Å². The van der Waals surface area contributed by atoms with Crippen LogP contribution in [0.4, 0.5) is 20.3 Å². The number of benzene rings is 2. The molecule has 9 heteroatoms. The molecule has 0 radical (unpaired) electrons. The molecule has 2 aromatic carbocycles. The molecular formula is C16H14ClF2N3O3. The summed E-state index contributed by atoms with van der Waals surface area (Å²) in [6.45, 7) is 0. The fourth-order valence-electron chi connectivity index (χ4n) is 2.24. The number of rotatable bonds is 4. The van der Waals surface area contributed by atoms with Crippen molar-refractivity contribution in [1.29, 1.82) is 0 Å². The molecule has 0 bridgehead atoms. The van der Waals surface area contributed by atoms with Gasteiger partial charge in [-0.25, -0.2) is 18.7 Å². The highest BCUT2D eigenvalue weighted by atomic mass is 35.5. The fourth-order valence-corrected chi connectivity index (χ4v) is 2.24. The van der Waals surface area contributed by atoms with Crippen LogP contribution in [-0.2, 0) is 0 Å². The molecule has 132 valence electrons. The van der Waals surface area contributed by atoms with Crippen molar-refractivity contribution in [2.24, 2.45) is 0 Å². The first kappa shape index (κ1) is 18.5. The van der Waals surface area contributed by atoms with Crippen LogP contribution in [0, 0.1) is 11.6 Å². The van der Waals surface area contributed by atoms with Crippen LogP contribution in [0.25, 0.3) is 10.9 Å². The second-order valence-corrected chi connectivity index (χ2v) is 4.86. The van der Waals surface area contributed by atoms with Crippen molar-refractivity contribution < 1.29 is 23.4 Å². The largest absolute Gasteiger partial charge is 0.505 e. The van der Waals surface area contributed by atoms with E-state index in [0.717, 1.165) is 6.07 Å². The minimum atomic E-state index is -1.04. The lowest BCUT2D eigenvalue weighted by Crippen LogP contribution is -2.00. The second kappa shape index (κ2) is 7.35. The van der Waals surface area contributed by atoms with Gasteiger partial charge in [-0.15, -0.1) is 12.4 Å². The van der Waals surface area contributed by atoms with Gasteiger partial charge in [-0.3, -0.25) is 0 Å². The minimum absolute atomic E-state index is 0. The number of aromatic nitrogens is 2. The van der Waals surface area contributed by atoms with E-state index in [9.17, 15) is 13.9 Å². The van der Waals surface area contributed by atoms with Crippen molar-refractivity contribution >= 4 is 34.8 Å². The molecule has 0 atom stereocenters. The van der Waals surface area contributed by atoms with Gasteiger partial charge in [0.1, 0.15) is 18.0 Å². The van der Waals surface area contributed by atoms with Crippen LogP contribution in [0.3, 0.4) is 0 Å². The molecule has 0 saturated heterocycles. The first-order chi connectivity index (χ1) is 11.5. The topological polar surface area (TPSA) is 76.5 Å². The highest BCUT2D eigenvalue weighted by Gasteiger charge is 2.14. The zero-order valence-electron chi connectivity index (χ0n) is 13.2. The van der Waals surface area contributed by atoms with Crippen LogP contribution >= 0.6 is 12.4 Å². The number of methoxy groups -OCH3 is 2. The summed E-state index contributed by atoms with van der Waals surface area (Å²) < 4.78 is 37.5. The van der Waals surface area contributed by atoms with Gasteiger partial charge in [-0.2, -0.15) is 0 Å². The minimum Gasteiger partial charge on any atom is -0.505 e. The quantitative estimate of drug-likeness (QED) is 0.728. The van der Waals surface area contributed by atoms with Crippen molar-refractivity contribution in [2.75, 3.05) is 19.5 Å². The van der Waals surface area contributed by atoms with Gasteiger partial charge in [-0.1, -0.05) is 0 Å². The predicted octanol–water partition coefficient (Wildman–Crippen LogP) is 3.80. The molecule has 0 fully saturated rings. The molecule has 2 N–H and O–H groups in total. The Morgan fingerprint density at radius 1 is 0.960 bits per heavy atom. The Morgan fingerprint density at radius 2 is 1.64 bits per heavy atom. The molecule has 3 aromatic rings. The number of anilines is 2. The zero-order valence-corrected chi connectivity index (χ0v) is 14.0. The van der Waals surface area contributed by atoms with Gasteiger partial charge in [0.2, 0.25) is 0 Å². The van der Waals surface area contributed by atoms with Gasteiger partial charge in [-0.05, 0) is 6.07 Å². The molecule has 25 heavy (non-hydrogen) atoms. The van der Waals surface area contributed by atoms with E-state index in [1.165, 1.54) is 20.5 Å². The van der Waals surface area contributed by atoms with Crippen molar-refractivity contribution in [2.45, 2.75) is 0 Å². The second-order valence-electron chi connectivity index (χ2n) is 4.86. The van der Waals surface area contributed by atoms with Crippen molar-refractivity contribution in [3.63, 3.8) is 0 Å². The third-order valence-corrected chi connectivity index (χ3v) is 3.43. The van der Waals surface area contributed by atoms with Crippen LogP contribution in [-0.4, -0.2) is 29.3 Å². The summed E-state index contributed by atoms with van der Waals surface area (Å²) in [6, 6.07) is 4.82. The summed E-state index contributed by atoms with van der Waals surface area (Å²) in [5, 5.41) is 12.7. The number of aromatic hydroxyl groups is 1. The maximum Gasteiger partial charge on any atom is 0.167 e. The number of ether oxygens (including phenoxy) is 2. The maximum atomic E-state index is 13.9. The number of nitrogens with zero attached hydrogens (tertiary/aromatic N) is 2. The Balaban J connectivity index is 0.00000225. The van der Waals surface area contributed by atoms with Crippen LogP contribution < -0.4 is 14.8 Å². The smallest absolute Gasteiger partial charge is 0.167 e. The average molecular weight is 370 g/mol. The fraction of sp³-hybridized carbons (Fsp3) is 0.125. The van der Waals surface area contributed by atoms with Gasteiger partial charge in [0.05, 0.1) is 25.4 Å². The van der Waals surface area contributed by atoms with Gasteiger partial charge >= 0.3 is 0 Å². The van der Waals surface area contributed by atoms with E-state index in [2.05, 4.69) is 15.3 Å². The molecule has 0 saturated carbocycles. The number of fused-ring (bicyclic) bond motifs is 1. The van der Waals surface area contributed by atoms with E-state index < -0.39 is 17.4 Å². The monoisotopic (exact) mass is 369 g/mol. The molecule has 0 unspecified atom stereocenters. The Labute approximate surface area is 147 Å². The number of nitrogens with one attached hydrogen (secondary N) is 1. The molecule has 0 aliphatic heterocycles. The number of hydrogen-bond acceptors (Lipinski definition) is 6. The Hall–Kier alpha value is -2.87. The predicted molar refractivity (Wildman–Crippen MR) is 91.2 cm³/mol. The zero-order chi connectivity index (χ0) is 17.3. The standard InChI is InChI=1S/C16H13F2N3O3.ClH/c1-23-14-3-8-11(6-15(14)24-2)19-7-20-16(8)21-12-5-13(22)10(18)4-9(12)17;/h3-7,22H,1-2H3,(H,19,20,21);1H. The Kier molecular flexibility index (Phi) is 5.43. The number of hydrogen-bond donors (Lipinski definition) is 2. The maximum absolute atomic E-state index is 13.9. The molecular weight excluding hydrogens is 356 g/mol. The SMILES string of the molecule is COc1cc2ncnc(Nc3cc(O)c(F)cc3F)c2cc1OC.Cl. The summed E-state index contributed by atoms with van der Waals surface area (Å²) in [6.07, 6.45) is 1.29. The summed E-state index contributed by atoms with van der Waals surface area (Å²) >= 11 is 0. The molecule has 0 aliphatic carbocycles. The van der Waals surface area contributed by atoms with E-state index >= 15 is 0 Å². The molecule has 3 rings (SSSR count). The lowest BCUT2D eigenvalue weighted by Gasteiger charge is -2.12. The molecule has 6 nitrogen and oxygen atoms in total. The number of phenolic OH excluding ortho intramolecular Hbond substituents is 1. The highest BCUT2D eigenvalue weighted by molar-refractivity contribution is 5.93. The van der Waals surface area contributed by atoms with Gasteiger partial charge < -0.3 is 19.9 Å². The number of halogens is 3. The average Bonchev–Trinajstić information content (AvgIpc) is 2.58. The molecule has 0 amide bonds. The lowest BCUT2D eigenvalue weighted by atomic mass is 10.2. The Bertz CT molecular complexity index is 925. The Morgan fingerprint density at radius 3 is 2.32 bits per heavy atom. The van der Waals surface area contributed by atoms with E-state index in [1.54, 1.807) is 12.1 Å². The molecule has 0 spiro atoms.